The van der Waals surface area contributed by atoms with Crippen LogP contribution in [0.5, 0.6) is 0 Å². The molecule has 0 aromatic heterocycles. The SMILES string of the molecule is CCC/C(C#CCCN1C(=O)c2ccccc2C1=O)=C1/c2ccccc2C(=O)N1c1ccccc1. The predicted octanol–water partition coefficient (Wildman–Crippen LogP) is 5.55. The van der Waals surface area contributed by atoms with Crippen molar-refractivity contribution in [2.24, 2.45) is 0 Å². The Morgan fingerprint density at radius 1 is 0.714 bits per heavy atom. The molecule has 2 aliphatic heterocycles. The molecule has 5 heteroatoms. The largest absolute Gasteiger partial charge is 0.275 e. The van der Waals surface area contributed by atoms with Gasteiger partial charge in [-0.2, -0.15) is 0 Å². The zero-order valence-electron chi connectivity index (χ0n) is 19.5. The molecule has 0 N–H and O–H groups in total. The molecule has 172 valence electrons. The maximum Gasteiger partial charge on any atom is 0.263 e. The van der Waals surface area contributed by atoms with Crippen molar-refractivity contribution in [1.82, 2.24) is 4.90 Å². The van der Waals surface area contributed by atoms with Gasteiger partial charge >= 0.3 is 0 Å². The number of para-hydroxylation sites is 1. The highest BCUT2D eigenvalue weighted by molar-refractivity contribution is 6.23. The molecule has 3 amide bonds. The maximum atomic E-state index is 13.4. The number of hydrogen-bond acceptors (Lipinski definition) is 3. The summed E-state index contributed by atoms with van der Waals surface area (Å²) in [6, 6.07) is 24.1. The van der Waals surface area contributed by atoms with Crippen molar-refractivity contribution in [2.45, 2.75) is 26.2 Å². The van der Waals surface area contributed by atoms with E-state index in [-0.39, 0.29) is 24.3 Å². The highest BCUT2D eigenvalue weighted by Crippen LogP contribution is 2.39. The number of carbonyl (C=O) groups excluding carboxylic acids is 3. The molecular formula is C30H24N2O3. The van der Waals surface area contributed by atoms with E-state index in [2.05, 4.69) is 18.8 Å². The third-order valence-electron chi connectivity index (χ3n) is 6.22. The molecule has 0 spiro atoms. The molecule has 0 unspecified atom stereocenters. The van der Waals surface area contributed by atoms with Crippen LogP contribution in [0.15, 0.2) is 84.4 Å². The van der Waals surface area contributed by atoms with Gasteiger partial charge in [0.15, 0.2) is 0 Å². The fraction of sp³-hybridized carbons (Fsp3) is 0.167. The van der Waals surface area contributed by atoms with Crippen molar-refractivity contribution in [3.8, 4) is 11.8 Å². The van der Waals surface area contributed by atoms with Gasteiger partial charge < -0.3 is 0 Å². The fourth-order valence-electron chi connectivity index (χ4n) is 4.61. The molecule has 35 heavy (non-hydrogen) atoms. The number of fused-ring (bicyclic) bond motifs is 2. The van der Waals surface area contributed by atoms with Gasteiger partial charge in [-0.25, -0.2) is 0 Å². The Hall–Kier alpha value is -4.43. The van der Waals surface area contributed by atoms with Crippen molar-refractivity contribution >= 4 is 29.1 Å². The van der Waals surface area contributed by atoms with Crippen LogP contribution < -0.4 is 4.90 Å². The second-order valence-electron chi connectivity index (χ2n) is 8.46. The lowest BCUT2D eigenvalue weighted by Gasteiger charge is -2.20. The van der Waals surface area contributed by atoms with Crippen molar-refractivity contribution in [3.63, 3.8) is 0 Å². The van der Waals surface area contributed by atoms with Gasteiger partial charge in [0.05, 0.1) is 16.8 Å². The van der Waals surface area contributed by atoms with Gasteiger partial charge in [-0.1, -0.05) is 73.7 Å². The molecule has 3 aromatic carbocycles. The number of carbonyl (C=O) groups is 3. The lowest BCUT2D eigenvalue weighted by atomic mass is 10.0. The van der Waals surface area contributed by atoms with E-state index >= 15 is 0 Å². The second-order valence-corrected chi connectivity index (χ2v) is 8.46. The monoisotopic (exact) mass is 460 g/mol. The third kappa shape index (κ3) is 3.94. The van der Waals surface area contributed by atoms with Gasteiger partial charge in [0, 0.05) is 35.4 Å². The van der Waals surface area contributed by atoms with E-state index in [0.29, 0.717) is 29.5 Å². The summed E-state index contributed by atoms with van der Waals surface area (Å²) in [5.74, 6) is 5.84. The summed E-state index contributed by atoms with van der Waals surface area (Å²) in [5, 5.41) is 0. The smallest absolute Gasteiger partial charge is 0.263 e. The van der Waals surface area contributed by atoms with E-state index < -0.39 is 0 Å². The van der Waals surface area contributed by atoms with Gasteiger partial charge in [-0.3, -0.25) is 24.2 Å². The minimum atomic E-state index is -0.273. The van der Waals surface area contributed by atoms with Gasteiger partial charge in [-0.05, 0) is 36.8 Å². The molecule has 0 fully saturated rings. The first-order chi connectivity index (χ1) is 17.1. The lowest BCUT2D eigenvalue weighted by Crippen LogP contribution is -2.30. The van der Waals surface area contributed by atoms with Gasteiger partial charge in [0.1, 0.15) is 0 Å². The first kappa shape index (κ1) is 22.4. The highest BCUT2D eigenvalue weighted by atomic mass is 16.2. The van der Waals surface area contributed by atoms with Crippen molar-refractivity contribution in [2.75, 3.05) is 11.4 Å². The topological polar surface area (TPSA) is 57.7 Å². The summed E-state index contributed by atoms with van der Waals surface area (Å²) in [7, 11) is 0. The normalized spacial score (nSPS) is 15.6. The Kier molecular flexibility index (Phi) is 6.03. The van der Waals surface area contributed by atoms with Gasteiger partial charge in [0.2, 0.25) is 0 Å². The van der Waals surface area contributed by atoms with Crippen LogP contribution in [-0.2, 0) is 0 Å². The number of allylic oxidation sites excluding steroid dienone is 1. The molecule has 0 bridgehead atoms. The number of nitrogens with zero attached hydrogens (tertiary/aromatic N) is 2. The Bertz CT molecular complexity index is 1390. The summed E-state index contributed by atoms with van der Waals surface area (Å²) in [6.07, 6.45) is 1.93. The average molecular weight is 461 g/mol. The molecule has 0 saturated carbocycles. The summed E-state index contributed by atoms with van der Waals surface area (Å²) in [5.41, 5.74) is 4.90. The molecule has 0 radical (unpaired) electrons. The Morgan fingerprint density at radius 2 is 1.26 bits per heavy atom. The molecule has 0 saturated heterocycles. The first-order valence-corrected chi connectivity index (χ1v) is 11.8. The second kappa shape index (κ2) is 9.44. The minimum absolute atomic E-state index is 0.0665. The highest BCUT2D eigenvalue weighted by Gasteiger charge is 2.35. The van der Waals surface area contributed by atoms with Crippen LogP contribution in [0, 0.1) is 11.8 Å². The van der Waals surface area contributed by atoms with Crippen molar-refractivity contribution < 1.29 is 14.4 Å². The Morgan fingerprint density at radius 3 is 1.86 bits per heavy atom. The van der Waals surface area contributed by atoms with Crippen molar-refractivity contribution in [3.05, 3.63) is 107 Å². The quantitative estimate of drug-likeness (QED) is 0.371. The summed E-state index contributed by atoms with van der Waals surface area (Å²) >= 11 is 0. The first-order valence-electron chi connectivity index (χ1n) is 11.8. The number of amides is 3. The number of anilines is 1. The number of imide groups is 1. The standard InChI is InChI=1S/C30H24N2O3/c1-2-12-21(13-10-11-20-31-28(33)25-18-8-9-19-26(25)29(31)34)27-23-16-6-7-17-24(23)30(35)32(27)22-14-4-3-5-15-22/h3-9,14-19H,2,11-12,20H2,1H3/b27-21+. The average Bonchev–Trinajstić information content (AvgIpc) is 3.32. The molecule has 5 rings (SSSR count). The summed E-state index contributed by atoms with van der Waals surface area (Å²) < 4.78 is 0. The fourth-order valence-corrected chi connectivity index (χ4v) is 4.61. The van der Waals surface area contributed by atoms with E-state index in [0.717, 1.165) is 28.9 Å². The number of benzene rings is 3. The molecule has 2 heterocycles. The van der Waals surface area contributed by atoms with Crippen LogP contribution in [0.25, 0.3) is 5.70 Å². The van der Waals surface area contributed by atoms with Gasteiger partial charge in [0.25, 0.3) is 17.7 Å². The predicted molar refractivity (Wildman–Crippen MR) is 136 cm³/mol. The van der Waals surface area contributed by atoms with Crippen molar-refractivity contribution in [1.29, 1.82) is 0 Å². The molecule has 0 aliphatic carbocycles. The zero-order chi connectivity index (χ0) is 24.4. The molecule has 2 aliphatic rings. The van der Waals surface area contributed by atoms with Crippen LogP contribution in [-0.4, -0.2) is 29.2 Å². The van der Waals surface area contributed by atoms with E-state index in [9.17, 15) is 14.4 Å². The molecule has 5 nitrogen and oxygen atoms in total. The van der Waals surface area contributed by atoms with Crippen LogP contribution in [0.2, 0.25) is 0 Å². The van der Waals surface area contributed by atoms with Crippen LogP contribution in [0.3, 0.4) is 0 Å². The minimum Gasteiger partial charge on any atom is -0.275 e. The Labute approximate surface area is 204 Å². The number of rotatable bonds is 5. The van der Waals surface area contributed by atoms with Crippen LogP contribution in [0.4, 0.5) is 5.69 Å². The molecule has 0 atom stereocenters. The summed E-state index contributed by atoms with van der Waals surface area (Å²) in [4.78, 5) is 41.6. The molecular weight excluding hydrogens is 436 g/mol. The van der Waals surface area contributed by atoms with Crippen LogP contribution >= 0.6 is 0 Å². The van der Waals surface area contributed by atoms with E-state index in [4.69, 9.17) is 0 Å². The van der Waals surface area contributed by atoms with E-state index in [1.165, 1.54) is 4.90 Å². The zero-order valence-corrected chi connectivity index (χ0v) is 19.5. The lowest BCUT2D eigenvalue weighted by molar-refractivity contribution is 0.0657. The molecule has 3 aromatic rings. The van der Waals surface area contributed by atoms with E-state index in [1.807, 2.05) is 54.6 Å². The van der Waals surface area contributed by atoms with Gasteiger partial charge in [-0.15, -0.1) is 0 Å². The maximum absolute atomic E-state index is 13.4. The van der Waals surface area contributed by atoms with Crippen LogP contribution in [0.1, 0.15) is 62.8 Å². The third-order valence-corrected chi connectivity index (χ3v) is 6.22. The number of hydrogen-bond donors (Lipinski definition) is 0. The summed E-state index contributed by atoms with van der Waals surface area (Å²) in [6.45, 7) is 2.31. The Balaban J connectivity index is 1.46. The van der Waals surface area contributed by atoms with E-state index in [1.54, 1.807) is 29.2 Å².